The molecule has 0 radical (unpaired) electrons. The summed E-state index contributed by atoms with van der Waals surface area (Å²) >= 11 is 11.0. The van der Waals surface area contributed by atoms with Crippen molar-refractivity contribution in [1.82, 2.24) is 9.55 Å². The number of fused-ring (bicyclic) bond motifs is 1. The molecule has 0 unspecified atom stereocenters. The highest BCUT2D eigenvalue weighted by molar-refractivity contribution is 7.71. The van der Waals surface area contributed by atoms with Gasteiger partial charge in [0.05, 0.1) is 16.1 Å². The Morgan fingerprint density at radius 1 is 1.33 bits per heavy atom. The maximum atomic E-state index is 13.2. The smallest absolute Gasteiger partial charge is 0.329 e. The molecule has 1 aliphatic carbocycles. The fraction of sp³-hybridized carbons (Fsp3) is 0.364. The molecule has 1 fully saturated rings. The minimum absolute atomic E-state index is 0.0598. The monoisotopic (exact) mass is 292 g/mol. The van der Waals surface area contributed by atoms with Crippen LogP contribution < -0.4 is 0 Å². The number of nitrogens with one attached hydrogen (secondary N) is 1. The molecule has 1 heterocycles. The molecule has 1 aromatic carbocycles. The summed E-state index contributed by atoms with van der Waals surface area (Å²) < 4.78 is 40.7. The van der Waals surface area contributed by atoms with E-state index < -0.39 is 11.7 Å². The Hall–Kier alpha value is -1.01. The summed E-state index contributed by atoms with van der Waals surface area (Å²) in [6, 6.07) is 4.84. The van der Waals surface area contributed by atoms with Crippen LogP contribution in [0.3, 0.4) is 0 Å². The van der Waals surface area contributed by atoms with Crippen LogP contribution in [0.25, 0.3) is 11.0 Å². The molecule has 96 valence electrons. The molecule has 0 amide bonds. The van der Waals surface area contributed by atoms with E-state index in [0.717, 1.165) is 4.57 Å². The van der Waals surface area contributed by atoms with Gasteiger partial charge < -0.3 is 9.55 Å². The Morgan fingerprint density at radius 2 is 2.00 bits per heavy atom. The second-order valence-corrected chi connectivity index (χ2v) is 5.22. The number of alkyl halides is 3. The van der Waals surface area contributed by atoms with Gasteiger partial charge >= 0.3 is 6.18 Å². The third kappa shape index (κ3) is 1.45. The molecule has 0 saturated heterocycles. The Balaban J connectivity index is 2.35. The predicted octanol–water partition coefficient (Wildman–Crippen LogP) is 4.40. The van der Waals surface area contributed by atoms with Gasteiger partial charge in [-0.3, -0.25) is 0 Å². The summed E-state index contributed by atoms with van der Waals surface area (Å²) in [5, 5.41) is 0.371. The first kappa shape index (κ1) is 12.0. The zero-order valence-corrected chi connectivity index (χ0v) is 10.6. The van der Waals surface area contributed by atoms with Crippen LogP contribution in [-0.4, -0.2) is 15.7 Å². The lowest BCUT2D eigenvalue weighted by atomic mass is 10.2. The van der Waals surface area contributed by atoms with Gasteiger partial charge in [-0.2, -0.15) is 13.2 Å². The number of benzene rings is 1. The van der Waals surface area contributed by atoms with Crippen molar-refractivity contribution >= 4 is 34.9 Å². The molecule has 1 N–H and O–H groups in total. The van der Waals surface area contributed by atoms with Gasteiger partial charge in [-0.25, -0.2) is 0 Å². The summed E-state index contributed by atoms with van der Waals surface area (Å²) in [5.74, 6) is 0. The van der Waals surface area contributed by atoms with Crippen molar-refractivity contribution in [1.29, 1.82) is 0 Å². The van der Waals surface area contributed by atoms with Gasteiger partial charge in [0.1, 0.15) is 5.54 Å². The van der Waals surface area contributed by atoms with E-state index in [9.17, 15) is 13.2 Å². The molecule has 0 spiro atoms. The Labute approximate surface area is 110 Å². The van der Waals surface area contributed by atoms with E-state index in [0.29, 0.717) is 16.1 Å². The number of para-hydroxylation sites is 1. The molecular formula is C11H8ClF3N2S. The fourth-order valence-corrected chi connectivity index (χ4v) is 2.86. The molecule has 1 saturated carbocycles. The second kappa shape index (κ2) is 3.51. The second-order valence-electron chi connectivity index (χ2n) is 4.43. The molecule has 3 rings (SSSR count). The largest absolute Gasteiger partial charge is 0.412 e. The molecular weight excluding hydrogens is 285 g/mol. The van der Waals surface area contributed by atoms with Crippen molar-refractivity contribution in [2.75, 3.05) is 0 Å². The van der Waals surface area contributed by atoms with Crippen LogP contribution in [-0.2, 0) is 5.54 Å². The van der Waals surface area contributed by atoms with Gasteiger partial charge in [0.2, 0.25) is 0 Å². The number of hydrogen-bond donors (Lipinski definition) is 1. The number of halogens is 4. The van der Waals surface area contributed by atoms with E-state index in [-0.39, 0.29) is 17.6 Å². The first-order chi connectivity index (χ1) is 8.37. The molecule has 0 atom stereocenters. The molecule has 0 bridgehead atoms. The molecule has 1 aliphatic rings. The third-order valence-electron chi connectivity index (χ3n) is 3.35. The van der Waals surface area contributed by atoms with Crippen LogP contribution in [0.2, 0.25) is 5.02 Å². The first-order valence-electron chi connectivity index (χ1n) is 5.33. The van der Waals surface area contributed by atoms with Gasteiger partial charge in [-0.05, 0) is 37.2 Å². The summed E-state index contributed by atoms with van der Waals surface area (Å²) in [5.41, 5.74) is -0.991. The number of imidazole rings is 1. The minimum atomic E-state index is -4.30. The quantitative estimate of drug-likeness (QED) is 0.773. The van der Waals surface area contributed by atoms with E-state index in [1.807, 2.05) is 0 Å². The van der Waals surface area contributed by atoms with E-state index in [2.05, 4.69) is 4.98 Å². The maximum Gasteiger partial charge on any atom is 0.412 e. The average Bonchev–Trinajstić information content (AvgIpc) is 2.98. The van der Waals surface area contributed by atoms with Crippen LogP contribution >= 0.6 is 23.8 Å². The van der Waals surface area contributed by atoms with Crippen LogP contribution in [0.15, 0.2) is 18.2 Å². The zero-order valence-electron chi connectivity index (χ0n) is 9.01. The van der Waals surface area contributed by atoms with Gasteiger partial charge in [0, 0.05) is 0 Å². The molecule has 1 aromatic heterocycles. The van der Waals surface area contributed by atoms with Crippen LogP contribution in [0.5, 0.6) is 0 Å². The highest BCUT2D eigenvalue weighted by Gasteiger charge is 2.65. The van der Waals surface area contributed by atoms with E-state index >= 15 is 0 Å². The Morgan fingerprint density at radius 3 is 2.56 bits per heavy atom. The number of nitrogens with zero attached hydrogens (tertiary/aromatic N) is 1. The maximum absolute atomic E-state index is 13.2. The number of aromatic nitrogens is 2. The predicted molar refractivity (Wildman–Crippen MR) is 65.4 cm³/mol. The lowest BCUT2D eigenvalue weighted by Crippen LogP contribution is -2.34. The molecule has 18 heavy (non-hydrogen) atoms. The summed E-state index contributed by atoms with van der Waals surface area (Å²) in [4.78, 5) is 2.76. The van der Waals surface area contributed by atoms with Crippen molar-refractivity contribution in [2.24, 2.45) is 0 Å². The lowest BCUT2D eigenvalue weighted by Gasteiger charge is -2.21. The van der Waals surface area contributed by atoms with Crippen molar-refractivity contribution in [3.8, 4) is 0 Å². The zero-order chi connectivity index (χ0) is 13.1. The van der Waals surface area contributed by atoms with Crippen LogP contribution in [0.4, 0.5) is 13.2 Å². The number of H-pyrrole nitrogens is 1. The summed E-state index contributed by atoms with van der Waals surface area (Å²) in [7, 11) is 0. The van der Waals surface area contributed by atoms with E-state index in [4.69, 9.17) is 23.8 Å². The highest BCUT2D eigenvalue weighted by atomic mass is 35.5. The van der Waals surface area contributed by atoms with Crippen molar-refractivity contribution in [2.45, 2.75) is 24.6 Å². The van der Waals surface area contributed by atoms with E-state index in [1.165, 1.54) is 0 Å². The Bertz CT molecular complexity index is 682. The SMILES string of the molecule is FC(F)(F)C1(n2c(=S)[nH]c3c(Cl)cccc32)CC1. The number of rotatable bonds is 1. The normalized spacial score (nSPS) is 18.2. The van der Waals surface area contributed by atoms with Crippen molar-refractivity contribution < 1.29 is 13.2 Å². The van der Waals surface area contributed by atoms with Crippen molar-refractivity contribution in [3.05, 3.63) is 28.0 Å². The van der Waals surface area contributed by atoms with Crippen LogP contribution in [0, 0.1) is 4.77 Å². The fourth-order valence-electron chi connectivity index (χ4n) is 2.27. The molecule has 7 heteroatoms. The third-order valence-corrected chi connectivity index (χ3v) is 3.95. The number of hydrogen-bond acceptors (Lipinski definition) is 1. The molecule has 2 aromatic rings. The standard InChI is InChI=1S/C11H8ClF3N2S/c12-6-2-1-3-7-8(6)16-9(18)17(7)10(4-5-10)11(13,14)15/h1-3H,4-5H2,(H,16,18). The van der Waals surface area contributed by atoms with E-state index in [1.54, 1.807) is 18.2 Å². The first-order valence-corrected chi connectivity index (χ1v) is 6.12. The molecule has 0 aliphatic heterocycles. The lowest BCUT2D eigenvalue weighted by molar-refractivity contribution is -0.179. The van der Waals surface area contributed by atoms with Gasteiger partial charge in [-0.1, -0.05) is 17.7 Å². The highest BCUT2D eigenvalue weighted by Crippen LogP contribution is 2.56. The Kier molecular flexibility index (Phi) is 2.35. The molecule has 2 nitrogen and oxygen atoms in total. The van der Waals surface area contributed by atoms with Gasteiger partial charge in [0.15, 0.2) is 4.77 Å². The topological polar surface area (TPSA) is 20.7 Å². The van der Waals surface area contributed by atoms with Gasteiger partial charge in [-0.15, -0.1) is 0 Å². The summed E-state index contributed by atoms with van der Waals surface area (Å²) in [6.07, 6.45) is -4.18. The minimum Gasteiger partial charge on any atom is -0.329 e. The number of aromatic amines is 1. The van der Waals surface area contributed by atoms with Gasteiger partial charge in [0.25, 0.3) is 0 Å². The summed E-state index contributed by atoms with van der Waals surface area (Å²) in [6.45, 7) is 0. The van der Waals surface area contributed by atoms with Crippen molar-refractivity contribution in [3.63, 3.8) is 0 Å². The van der Waals surface area contributed by atoms with Crippen LogP contribution in [0.1, 0.15) is 12.8 Å². The average molecular weight is 293 g/mol.